The molecule has 0 N–H and O–H groups in total. The third-order valence-electron chi connectivity index (χ3n) is 2.74. The summed E-state index contributed by atoms with van der Waals surface area (Å²) in [7, 11) is 0. The molecule has 0 fully saturated rings. The second-order valence-electron chi connectivity index (χ2n) is 4.02. The molecule has 3 rings (SSSR count). The third kappa shape index (κ3) is 2.28. The molecule has 0 aliphatic carbocycles. The average molecular weight is 250 g/mol. The first kappa shape index (κ1) is 11.3. The maximum atomic E-state index is 10.6. The maximum absolute atomic E-state index is 10.6. The van der Waals surface area contributed by atoms with E-state index >= 15 is 0 Å². The predicted octanol–water partition coefficient (Wildman–Crippen LogP) is 3.22. The molecule has 0 radical (unpaired) electrons. The van der Waals surface area contributed by atoms with Gasteiger partial charge in [0, 0.05) is 16.7 Å². The normalized spacial score (nSPS) is 10.3. The van der Waals surface area contributed by atoms with Gasteiger partial charge in [-0.2, -0.15) is 0 Å². The lowest BCUT2D eigenvalue weighted by Gasteiger charge is -1.95. The number of benzene rings is 2. The van der Waals surface area contributed by atoms with Gasteiger partial charge in [-0.25, -0.2) is 0 Å². The molecule has 0 aliphatic rings. The van der Waals surface area contributed by atoms with Crippen LogP contribution in [0.1, 0.15) is 10.4 Å². The van der Waals surface area contributed by atoms with Crippen LogP contribution in [0.5, 0.6) is 0 Å². The van der Waals surface area contributed by atoms with Crippen LogP contribution in [0.25, 0.3) is 22.9 Å². The molecule has 0 aliphatic heterocycles. The maximum Gasteiger partial charge on any atom is 0.248 e. The average Bonchev–Trinajstić information content (AvgIpc) is 2.98. The summed E-state index contributed by atoms with van der Waals surface area (Å²) in [4.78, 5) is 10.6. The molecule has 3 aromatic rings. The fourth-order valence-corrected chi connectivity index (χ4v) is 1.74. The van der Waals surface area contributed by atoms with Crippen molar-refractivity contribution in [2.45, 2.75) is 0 Å². The molecule has 19 heavy (non-hydrogen) atoms. The molecule has 0 atom stereocenters. The Bertz CT molecular complexity index is 688. The van der Waals surface area contributed by atoms with Crippen LogP contribution >= 0.6 is 0 Å². The second kappa shape index (κ2) is 4.86. The van der Waals surface area contributed by atoms with Gasteiger partial charge in [-0.05, 0) is 24.3 Å². The number of nitrogens with zero attached hydrogens (tertiary/aromatic N) is 2. The largest absolute Gasteiger partial charge is 0.416 e. The number of aldehydes is 1. The number of hydrogen-bond acceptors (Lipinski definition) is 4. The van der Waals surface area contributed by atoms with Gasteiger partial charge in [0.2, 0.25) is 11.8 Å². The van der Waals surface area contributed by atoms with Crippen molar-refractivity contribution in [1.29, 1.82) is 0 Å². The molecule has 0 unspecified atom stereocenters. The first-order valence-electron chi connectivity index (χ1n) is 5.81. The monoisotopic (exact) mass is 250 g/mol. The van der Waals surface area contributed by atoms with E-state index in [4.69, 9.17) is 4.42 Å². The molecular weight excluding hydrogens is 240 g/mol. The van der Waals surface area contributed by atoms with E-state index in [0.29, 0.717) is 17.3 Å². The number of carbonyl (C=O) groups excluding carboxylic acids is 1. The third-order valence-corrected chi connectivity index (χ3v) is 2.74. The molecule has 0 spiro atoms. The van der Waals surface area contributed by atoms with Gasteiger partial charge in [0.05, 0.1) is 0 Å². The summed E-state index contributed by atoms with van der Waals surface area (Å²) in [5.41, 5.74) is 2.29. The minimum Gasteiger partial charge on any atom is -0.416 e. The smallest absolute Gasteiger partial charge is 0.248 e. The van der Waals surface area contributed by atoms with Gasteiger partial charge >= 0.3 is 0 Å². The Morgan fingerprint density at radius 1 is 0.789 bits per heavy atom. The van der Waals surface area contributed by atoms with Crippen LogP contribution < -0.4 is 0 Å². The van der Waals surface area contributed by atoms with Gasteiger partial charge in [-0.1, -0.05) is 30.3 Å². The fraction of sp³-hybridized carbons (Fsp3) is 0. The quantitative estimate of drug-likeness (QED) is 0.670. The zero-order valence-corrected chi connectivity index (χ0v) is 9.98. The highest BCUT2D eigenvalue weighted by Gasteiger charge is 2.09. The second-order valence-corrected chi connectivity index (χ2v) is 4.02. The minimum atomic E-state index is 0.441. The zero-order chi connectivity index (χ0) is 13.1. The summed E-state index contributed by atoms with van der Waals surface area (Å²) in [5.74, 6) is 0.923. The van der Waals surface area contributed by atoms with Crippen molar-refractivity contribution in [3.63, 3.8) is 0 Å². The molecule has 1 aromatic heterocycles. The highest BCUT2D eigenvalue weighted by atomic mass is 16.4. The van der Waals surface area contributed by atoms with Crippen molar-refractivity contribution in [3.05, 3.63) is 60.2 Å². The lowest BCUT2D eigenvalue weighted by molar-refractivity contribution is 0.112. The van der Waals surface area contributed by atoms with Gasteiger partial charge in [0.15, 0.2) is 0 Å². The molecule has 2 aromatic carbocycles. The first-order valence-corrected chi connectivity index (χ1v) is 5.81. The summed E-state index contributed by atoms with van der Waals surface area (Å²) in [6, 6.07) is 16.6. The molecule has 92 valence electrons. The Morgan fingerprint density at radius 3 is 1.95 bits per heavy atom. The van der Waals surface area contributed by atoms with E-state index in [-0.39, 0.29) is 0 Å². The molecule has 4 nitrogen and oxygen atoms in total. The fourth-order valence-electron chi connectivity index (χ4n) is 1.74. The van der Waals surface area contributed by atoms with Crippen molar-refractivity contribution in [1.82, 2.24) is 10.2 Å². The molecule has 0 bridgehead atoms. The van der Waals surface area contributed by atoms with Crippen molar-refractivity contribution in [2.75, 3.05) is 0 Å². The summed E-state index contributed by atoms with van der Waals surface area (Å²) in [6.07, 6.45) is 0.799. The van der Waals surface area contributed by atoms with E-state index in [1.807, 2.05) is 30.3 Å². The Labute approximate surface area is 109 Å². The highest BCUT2D eigenvalue weighted by molar-refractivity contribution is 5.76. The number of aromatic nitrogens is 2. The molecule has 1 heterocycles. The van der Waals surface area contributed by atoms with E-state index in [2.05, 4.69) is 10.2 Å². The van der Waals surface area contributed by atoms with Gasteiger partial charge in [-0.15, -0.1) is 10.2 Å². The van der Waals surface area contributed by atoms with Crippen LogP contribution in [0, 0.1) is 0 Å². The topological polar surface area (TPSA) is 56.0 Å². The van der Waals surface area contributed by atoms with Crippen molar-refractivity contribution in [3.8, 4) is 22.9 Å². The molecule has 4 heteroatoms. The number of carbonyl (C=O) groups is 1. The van der Waals surface area contributed by atoms with E-state index in [1.165, 1.54) is 0 Å². The number of hydrogen-bond donors (Lipinski definition) is 0. The van der Waals surface area contributed by atoms with Crippen LogP contribution in [0.15, 0.2) is 59.0 Å². The Hall–Kier alpha value is -2.75. The van der Waals surface area contributed by atoms with Crippen LogP contribution in [0.4, 0.5) is 0 Å². The van der Waals surface area contributed by atoms with E-state index in [9.17, 15) is 4.79 Å². The molecular formula is C15H10N2O2. The van der Waals surface area contributed by atoms with Gasteiger partial charge in [-0.3, -0.25) is 4.79 Å². The lowest BCUT2D eigenvalue weighted by Crippen LogP contribution is -1.81. The van der Waals surface area contributed by atoms with E-state index in [0.717, 1.165) is 17.4 Å². The summed E-state index contributed by atoms with van der Waals surface area (Å²) in [5, 5.41) is 8.03. The van der Waals surface area contributed by atoms with E-state index < -0.39 is 0 Å². The van der Waals surface area contributed by atoms with Crippen LogP contribution in [-0.4, -0.2) is 16.5 Å². The van der Waals surface area contributed by atoms with Gasteiger partial charge in [0.1, 0.15) is 6.29 Å². The predicted molar refractivity (Wildman–Crippen MR) is 70.6 cm³/mol. The Morgan fingerprint density at radius 2 is 1.37 bits per heavy atom. The zero-order valence-electron chi connectivity index (χ0n) is 9.98. The summed E-state index contributed by atoms with van der Waals surface area (Å²) < 4.78 is 5.62. The van der Waals surface area contributed by atoms with E-state index in [1.54, 1.807) is 24.3 Å². The summed E-state index contributed by atoms with van der Waals surface area (Å²) >= 11 is 0. The molecule has 0 amide bonds. The SMILES string of the molecule is O=Cc1ccc(-c2nnc(-c3ccccc3)o2)cc1. The number of rotatable bonds is 3. The molecule has 0 saturated carbocycles. The van der Waals surface area contributed by atoms with Crippen LogP contribution in [0.2, 0.25) is 0 Å². The van der Waals surface area contributed by atoms with Crippen molar-refractivity contribution in [2.24, 2.45) is 0 Å². The highest BCUT2D eigenvalue weighted by Crippen LogP contribution is 2.23. The van der Waals surface area contributed by atoms with Crippen molar-refractivity contribution >= 4 is 6.29 Å². The summed E-state index contributed by atoms with van der Waals surface area (Å²) in [6.45, 7) is 0. The Kier molecular flexibility index (Phi) is 2.90. The van der Waals surface area contributed by atoms with Gasteiger partial charge in [0.25, 0.3) is 0 Å². The lowest BCUT2D eigenvalue weighted by atomic mass is 10.1. The van der Waals surface area contributed by atoms with Crippen LogP contribution in [0.3, 0.4) is 0 Å². The standard InChI is InChI=1S/C15H10N2O2/c18-10-11-6-8-13(9-7-11)15-17-16-14(19-15)12-4-2-1-3-5-12/h1-10H. The van der Waals surface area contributed by atoms with Crippen LogP contribution in [-0.2, 0) is 0 Å². The van der Waals surface area contributed by atoms with Crippen molar-refractivity contribution < 1.29 is 9.21 Å². The molecule has 0 saturated heterocycles. The van der Waals surface area contributed by atoms with Gasteiger partial charge < -0.3 is 4.42 Å². The minimum absolute atomic E-state index is 0.441. The first-order chi connectivity index (χ1) is 9.36. The Balaban J connectivity index is 1.94.